The van der Waals surface area contributed by atoms with Crippen molar-refractivity contribution in [1.29, 1.82) is 0 Å². The molecule has 32 heavy (non-hydrogen) atoms. The Labute approximate surface area is 192 Å². The third-order valence-corrected chi connectivity index (χ3v) is 6.71. The fourth-order valence-corrected chi connectivity index (χ4v) is 4.98. The number of nitrogens with zero attached hydrogens (tertiary/aromatic N) is 6. The highest BCUT2D eigenvalue weighted by atomic mass is 32.2. The van der Waals surface area contributed by atoms with Crippen molar-refractivity contribution < 1.29 is 4.79 Å². The Morgan fingerprint density at radius 1 is 0.906 bits per heavy atom. The number of hydrogen-bond donors (Lipinski definition) is 0. The summed E-state index contributed by atoms with van der Waals surface area (Å²) in [7, 11) is 0. The van der Waals surface area contributed by atoms with Crippen LogP contribution in [-0.2, 0) is 11.3 Å². The van der Waals surface area contributed by atoms with Crippen molar-refractivity contribution in [3.05, 3.63) is 72.1 Å². The average Bonchev–Trinajstić information content (AvgIpc) is 3.60. The van der Waals surface area contributed by atoms with Crippen LogP contribution in [0.15, 0.2) is 70.9 Å². The van der Waals surface area contributed by atoms with Crippen LogP contribution in [0.1, 0.15) is 30.7 Å². The number of rotatable bonds is 7. The van der Waals surface area contributed by atoms with E-state index in [1.807, 2.05) is 48.5 Å². The van der Waals surface area contributed by atoms with Crippen molar-refractivity contribution in [2.75, 3.05) is 25.4 Å². The first kappa shape index (κ1) is 20.9. The van der Waals surface area contributed by atoms with E-state index in [0.717, 1.165) is 54.0 Å². The van der Waals surface area contributed by atoms with Crippen LogP contribution in [0.4, 0.5) is 0 Å². The van der Waals surface area contributed by atoms with Crippen LogP contribution in [0.25, 0.3) is 5.69 Å². The Morgan fingerprint density at radius 2 is 1.62 bits per heavy atom. The molecule has 0 radical (unpaired) electrons. The fourth-order valence-electron chi connectivity index (χ4n) is 4.14. The molecule has 1 fully saturated rings. The normalized spacial score (nSPS) is 16.5. The van der Waals surface area contributed by atoms with E-state index in [2.05, 4.69) is 36.9 Å². The number of aromatic nitrogens is 3. The summed E-state index contributed by atoms with van der Waals surface area (Å²) in [6.07, 6.45) is 3.24. The Balaban J connectivity index is 1.30. The monoisotopic (exact) mass is 446 g/mol. The Hall–Kier alpha value is -2.97. The second kappa shape index (κ2) is 9.67. The molecule has 1 amide bonds. The first-order valence-electron chi connectivity index (χ1n) is 11.1. The third kappa shape index (κ3) is 4.61. The molecule has 8 heteroatoms. The SMILES string of the molecule is O=C(CSc1nnc(CN2CCCC2)n1-c1ccccc1)N1CCC(c2ccccc2)=N1. The minimum Gasteiger partial charge on any atom is -0.296 e. The van der Waals surface area contributed by atoms with E-state index < -0.39 is 0 Å². The van der Waals surface area contributed by atoms with Gasteiger partial charge < -0.3 is 0 Å². The van der Waals surface area contributed by atoms with Crippen molar-refractivity contribution in [3.63, 3.8) is 0 Å². The number of amides is 1. The summed E-state index contributed by atoms with van der Waals surface area (Å²) >= 11 is 1.42. The lowest BCUT2D eigenvalue weighted by Crippen LogP contribution is -2.25. The number of benzene rings is 2. The smallest absolute Gasteiger partial charge is 0.253 e. The molecule has 3 aromatic rings. The van der Waals surface area contributed by atoms with Crippen molar-refractivity contribution in [1.82, 2.24) is 24.7 Å². The summed E-state index contributed by atoms with van der Waals surface area (Å²) in [6.45, 7) is 3.58. The number of carbonyl (C=O) groups excluding carboxylic acids is 1. The Bertz CT molecular complexity index is 1090. The summed E-state index contributed by atoms with van der Waals surface area (Å²) in [5, 5.41) is 15.8. The summed E-state index contributed by atoms with van der Waals surface area (Å²) in [5.74, 6) is 1.18. The maximum atomic E-state index is 12.9. The summed E-state index contributed by atoms with van der Waals surface area (Å²) in [5.41, 5.74) is 3.06. The Kier molecular flexibility index (Phi) is 6.31. The van der Waals surface area contributed by atoms with Gasteiger partial charge in [0.15, 0.2) is 11.0 Å². The summed E-state index contributed by atoms with van der Waals surface area (Å²) < 4.78 is 2.08. The number of hydrogen-bond acceptors (Lipinski definition) is 6. The highest BCUT2D eigenvalue weighted by molar-refractivity contribution is 7.99. The van der Waals surface area contributed by atoms with Crippen molar-refractivity contribution in [2.45, 2.75) is 31.0 Å². The van der Waals surface area contributed by atoms with Crippen LogP contribution in [0.2, 0.25) is 0 Å². The molecule has 0 unspecified atom stereocenters. The van der Waals surface area contributed by atoms with Gasteiger partial charge in [0.1, 0.15) is 0 Å². The lowest BCUT2D eigenvalue weighted by atomic mass is 10.1. The number of para-hydroxylation sites is 1. The van der Waals surface area contributed by atoms with Crippen molar-refractivity contribution in [2.24, 2.45) is 5.10 Å². The van der Waals surface area contributed by atoms with Gasteiger partial charge >= 0.3 is 0 Å². The van der Waals surface area contributed by atoms with Gasteiger partial charge in [0.25, 0.3) is 5.91 Å². The zero-order chi connectivity index (χ0) is 21.8. The second-order valence-corrected chi connectivity index (χ2v) is 8.96. The van der Waals surface area contributed by atoms with E-state index in [1.54, 1.807) is 5.01 Å². The molecule has 2 aliphatic rings. The van der Waals surface area contributed by atoms with E-state index in [9.17, 15) is 4.79 Å². The predicted octanol–water partition coefficient (Wildman–Crippen LogP) is 3.59. The molecule has 2 aliphatic heterocycles. The van der Waals surface area contributed by atoms with Gasteiger partial charge in [-0.05, 0) is 43.6 Å². The largest absolute Gasteiger partial charge is 0.296 e. The van der Waals surface area contributed by atoms with Crippen LogP contribution in [0.3, 0.4) is 0 Å². The maximum Gasteiger partial charge on any atom is 0.253 e. The second-order valence-electron chi connectivity index (χ2n) is 8.02. The highest BCUT2D eigenvalue weighted by Crippen LogP contribution is 2.25. The number of carbonyl (C=O) groups is 1. The van der Waals surface area contributed by atoms with Crippen LogP contribution in [0.5, 0.6) is 0 Å². The molecule has 3 heterocycles. The van der Waals surface area contributed by atoms with Gasteiger partial charge in [-0.2, -0.15) is 5.10 Å². The number of hydrazone groups is 1. The van der Waals surface area contributed by atoms with Crippen LogP contribution >= 0.6 is 11.8 Å². The predicted molar refractivity (Wildman–Crippen MR) is 126 cm³/mol. The van der Waals surface area contributed by atoms with Gasteiger partial charge in [0.05, 0.1) is 24.6 Å². The topological polar surface area (TPSA) is 66.6 Å². The first-order valence-corrected chi connectivity index (χ1v) is 12.0. The molecular weight excluding hydrogens is 420 g/mol. The van der Waals surface area contributed by atoms with E-state index in [4.69, 9.17) is 0 Å². The van der Waals surface area contributed by atoms with Gasteiger partial charge in [-0.25, -0.2) is 5.01 Å². The molecule has 0 saturated carbocycles. The lowest BCUT2D eigenvalue weighted by molar-refractivity contribution is -0.127. The molecule has 0 aliphatic carbocycles. The molecule has 0 bridgehead atoms. The minimum absolute atomic E-state index is 0.00960. The Morgan fingerprint density at radius 3 is 2.38 bits per heavy atom. The van der Waals surface area contributed by atoms with Crippen molar-refractivity contribution >= 4 is 23.4 Å². The van der Waals surface area contributed by atoms with E-state index in [0.29, 0.717) is 6.54 Å². The van der Waals surface area contributed by atoms with E-state index >= 15 is 0 Å². The van der Waals surface area contributed by atoms with Gasteiger partial charge in [0.2, 0.25) is 0 Å². The lowest BCUT2D eigenvalue weighted by Gasteiger charge is -2.16. The first-order chi connectivity index (χ1) is 15.8. The molecule has 0 spiro atoms. The molecule has 0 atom stereocenters. The number of thioether (sulfide) groups is 1. The standard InChI is InChI=1S/C24H26N6OS/c31-23(29-16-13-21(27-29)19-9-3-1-4-10-19)18-32-24-26-25-22(17-28-14-7-8-15-28)30(24)20-11-5-2-6-12-20/h1-6,9-12H,7-8,13-18H2. The third-order valence-electron chi connectivity index (χ3n) is 5.80. The maximum absolute atomic E-state index is 12.9. The molecule has 5 rings (SSSR count). The van der Waals surface area contributed by atoms with E-state index in [1.165, 1.54) is 24.6 Å². The summed E-state index contributed by atoms with van der Waals surface area (Å²) in [4.78, 5) is 15.3. The number of likely N-dealkylation sites (tertiary alicyclic amines) is 1. The summed E-state index contributed by atoms with van der Waals surface area (Å²) in [6, 6.07) is 20.2. The average molecular weight is 447 g/mol. The quantitative estimate of drug-likeness (QED) is 0.519. The molecule has 0 N–H and O–H groups in total. The van der Waals surface area contributed by atoms with Crippen LogP contribution in [-0.4, -0.2) is 61.7 Å². The van der Waals surface area contributed by atoms with Gasteiger partial charge in [-0.15, -0.1) is 10.2 Å². The molecular formula is C24H26N6OS. The van der Waals surface area contributed by atoms with Crippen molar-refractivity contribution in [3.8, 4) is 5.69 Å². The molecule has 1 saturated heterocycles. The zero-order valence-corrected chi connectivity index (χ0v) is 18.7. The van der Waals surface area contributed by atoms with Crippen LogP contribution < -0.4 is 0 Å². The van der Waals surface area contributed by atoms with Gasteiger partial charge in [0, 0.05) is 12.1 Å². The molecule has 7 nitrogen and oxygen atoms in total. The molecule has 2 aromatic carbocycles. The highest BCUT2D eigenvalue weighted by Gasteiger charge is 2.24. The molecule has 1 aromatic heterocycles. The van der Waals surface area contributed by atoms with E-state index in [-0.39, 0.29) is 11.7 Å². The van der Waals surface area contributed by atoms with Crippen LogP contribution in [0, 0.1) is 0 Å². The van der Waals surface area contributed by atoms with Gasteiger partial charge in [-0.3, -0.25) is 14.3 Å². The van der Waals surface area contributed by atoms with Gasteiger partial charge in [-0.1, -0.05) is 60.3 Å². The molecule has 164 valence electrons. The fraction of sp³-hybridized carbons (Fsp3) is 0.333. The minimum atomic E-state index is -0.00960. The zero-order valence-electron chi connectivity index (χ0n) is 17.9.